The van der Waals surface area contributed by atoms with Gasteiger partial charge in [0.05, 0.1) is 6.10 Å². The van der Waals surface area contributed by atoms with Gasteiger partial charge in [0, 0.05) is 6.42 Å². The molecule has 0 aromatic carbocycles. The molecule has 2 aliphatic rings. The maximum atomic E-state index is 10.2. The smallest absolute Gasteiger partial charge is 0.120 e. The maximum absolute atomic E-state index is 10.2. The van der Waals surface area contributed by atoms with Crippen LogP contribution < -0.4 is 0 Å². The van der Waals surface area contributed by atoms with Crippen LogP contribution in [0.15, 0.2) is 48.1 Å². The number of carbonyl (C=O) groups excluding carboxylic acids is 1. The van der Waals surface area contributed by atoms with E-state index in [4.69, 9.17) is 0 Å². The van der Waals surface area contributed by atoms with Crippen LogP contribution in [0.4, 0.5) is 0 Å². The molecular weight excluding hydrogens is 296 g/mol. The molecule has 0 aromatic rings. The lowest BCUT2D eigenvalue weighted by Gasteiger charge is -2.23. The summed E-state index contributed by atoms with van der Waals surface area (Å²) in [4.78, 5) is 10.2. The third kappa shape index (κ3) is 8.44. The fourth-order valence-corrected chi connectivity index (χ4v) is 3.25. The van der Waals surface area contributed by atoms with Gasteiger partial charge in [-0.25, -0.2) is 0 Å². The molecule has 0 saturated carbocycles. The van der Waals surface area contributed by atoms with Crippen molar-refractivity contribution in [3.63, 3.8) is 0 Å². The molecule has 1 N–H and O–H groups in total. The first kappa shape index (κ1) is 20.6. The number of hydrogen-bond acceptors (Lipinski definition) is 2. The summed E-state index contributed by atoms with van der Waals surface area (Å²) in [6.07, 6.45) is 20.4. The summed E-state index contributed by atoms with van der Waals surface area (Å²) in [7, 11) is 0. The molecule has 0 aliphatic heterocycles. The summed E-state index contributed by atoms with van der Waals surface area (Å²) in [6.45, 7) is 7.77. The van der Waals surface area contributed by atoms with Crippen LogP contribution in [0.25, 0.3) is 0 Å². The van der Waals surface area contributed by atoms with Crippen molar-refractivity contribution in [2.45, 2.75) is 71.3 Å². The van der Waals surface area contributed by atoms with Crippen LogP contribution in [0, 0.1) is 11.8 Å². The van der Waals surface area contributed by atoms with Crippen LogP contribution in [0.3, 0.4) is 0 Å². The van der Waals surface area contributed by atoms with E-state index in [1.165, 1.54) is 24.8 Å². The molecule has 0 heterocycles. The van der Waals surface area contributed by atoms with Gasteiger partial charge in [0.25, 0.3) is 0 Å². The lowest BCUT2D eigenvalue weighted by Crippen LogP contribution is -2.21. The molecule has 0 spiro atoms. The molecule has 2 rings (SSSR count). The monoisotopic (exact) mass is 330 g/mol. The number of aliphatic hydroxyl groups excluding tert-OH is 1. The molecule has 134 valence electrons. The average molecular weight is 331 g/mol. The molecule has 0 aromatic heterocycles. The fourth-order valence-electron chi connectivity index (χ4n) is 3.25. The van der Waals surface area contributed by atoms with E-state index in [-0.39, 0.29) is 6.10 Å². The first-order valence-electron chi connectivity index (χ1n) is 9.29. The van der Waals surface area contributed by atoms with E-state index in [1.807, 2.05) is 6.92 Å². The number of aldehydes is 1. The van der Waals surface area contributed by atoms with Gasteiger partial charge in [0.1, 0.15) is 6.29 Å². The molecule has 2 nitrogen and oxygen atoms in total. The van der Waals surface area contributed by atoms with Crippen molar-refractivity contribution in [1.29, 1.82) is 0 Å². The van der Waals surface area contributed by atoms with Crippen molar-refractivity contribution in [2.75, 3.05) is 0 Å². The first-order valence-corrected chi connectivity index (χ1v) is 9.29. The average Bonchev–Trinajstić information content (AvgIpc) is 2.61. The zero-order chi connectivity index (χ0) is 17.8. The highest BCUT2D eigenvalue weighted by Crippen LogP contribution is 2.24. The number of allylic oxidation sites excluding steroid dienone is 6. The Labute approximate surface area is 148 Å². The summed E-state index contributed by atoms with van der Waals surface area (Å²) in [5.74, 6) is 1.13. The van der Waals surface area contributed by atoms with Crippen molar-refractivity contribution in [3.05, 3.63) is 48.1 Å². The predicted octanol–water partition coefficient (Wildman–Crippen LogP) is 5.55. The third-order valence-electron chi connectivity index (χ3n) is 4.75. The fraction of sp³-hybridized carbons (Fsp3) is 0.591. The van der Waals surface area contributed by atoms with Gasteiger partial charge in [-0.05, 0) is 70.6 Å². The molecule has 24 heavy (non-hydrogen) atoms. The zero-order valence-electron chi connectivity index (χ0n) is 15.4. The van der Waals surface area contributed by atoms with Crippen LogP contribution in [-0.4, -0.2) is 17.5 Å². The van der Waals surface area contributed by atoms with Gasteiger partial charge in [-0.15, -0.1) is 0 Å². The standard InChI is InChI=1S/C12H18O.C10H16O/c1-11(6-5-9-13)10-12-7-3-2-4-8-12;1-8(2)10(11)9-6-4-3-5-7-9/h2-3,9-10,12H,4-8H2,1H3;3-4,9-11H,1,5-7H2,2H3/b11-10+;. The molecule has 2 aliphatic carbocycles. The molecular formula is C22H34O2. The van der Waals surface area contributed by atoms with E-state index in [1.54, 1.807) is 0 Å². The largest absolute Gasteiger partial charge is 0.388 e. The van der Waals surface area contributed by atoms with E-state index in [9.17, 15) is 9.90 Å². The topological polar surface area (TPSA) is 37.3 Å². The van der Waals surface area contributed by atoms with Crippen LogP contribution in [0.5, 0.6) is 0 Å². The van der Waals surface area contributed by atoms with Gasteiger partial charge in [0.2, 0.25) is 0 Å². The van der Waals surface area contributed by atoms with Gasteiger partial charge >= 0.3 is 0 Å². The van der Waals surface area contributed by atoms with Crippen LogP contribution >= 0.6 is 0 Å². The second-order valence-corrected chi connectivity index (χ2v) is 7.10. The Bertz CT molecular complexity index is 470. The molecule has 0 bridgehead atoms. The zero-order valence-corrected chi connectivity index (χ0v) is 15.4. The summed E-state index contributed by atoms with van der Waals surface area (Å²) in [5, 5.41) is 9.62. The van der Waals surface area contributed by atoms with Crippen molar-refractivity contribution in [3.8, 4) is 0 Å². The third-order valence-corrected chi connectivity index (χ3v) is 4.75. The lowest BCUT2D eigenvalue weighted by molar-refractivity contribution is -0.107. The normalized spacial score (nSPS) is 24.7. The highest BCUT2D eigenvalue weighted by atomic mass is 16.3. The van der Waals surface area contributed by atoms with Crippen LogP contribution in [0.2, 0.25) is 0 Å². The molecule has 0 saturated heterocycles. The minimum Gasteiger partial charge on any atom is -0.388 e. The van der Waals surface area contributed by atoms with E-state index in [0.29, 0.717) is 12.3 Å². The number of aliphatic hydroxyl groups is 1. The Kier molecular flexibility index (Phi) is 10.3. The Morgan fingerprint density at radius 3 is 2.33 bits per heavy atom. The van der Waals surface area contributed by atoms with E-state index in [0.717, 1.165) is 43.5 Å². The Morgan fingerprint density at radius 2 is 1.83 bits per heavy atom. The second kappa shape index (κ2) is 12.0. The Morgan fingerprint density at radius 1 is 1.17 bits per heavy atom. The van der Waals surface area contributed by atoms with Gasteiger partial charge in [-0.2, -0.15) is 0 Å². The summed E-state index contributed by atoms with van der Waals surface area (Å²) < 4.78 is 0. The lowest BCUT2D eigenvalue weighted by atomic mass is 9.87. The summed E-state index contributed by atoms with van der Waals surface area (Å²) in [6, 6.07) is 0. The van der Waals surface area contributed by atoms with Crippen LogP contribution in [-0.2, 0) is 4.79 Å². The minimum absolute atomic E-state index is 0.292. The quantitative estimate of drug-likeness (QED) is 0.512. The van der Waals surface area contributed by atoms with Gasteiger partial charge in [-0.3, -0.25) is 0 Å². The molecule has 3 atom stereocenters. The second-order valence-electron chi connectivity index (χ2n) is 7.10. The molecule has 2 heteroatoms. The van der Waals surface area contributed by atoms with Crippen molar-refractivity contribution >= 4 is 6.29 Å². The Hall–Kier alpha value is -1.41. The number of hydrogen-bond donors (Lipinski definition) is 1. The highest BCUT2D eigenvalue weighted by Gasteiger charge is 2.19. The summed E-state index contributed by atoms with van der Waals surface area (Å²) >= 11 is 0. The van der Waals surface area contributed by atoms with Crippen molar-refractivity contribution < 1.29 is 9.90 Å². The van der Waals surface area contributed by atoms with Crippen molar-refractivity contribution in [2.24, 2.45) is 11.8 Å². The maximum Gasteiger partial charge on any atom is 0.120 e. The van der Waals surface area contributed by atoms with Gasteiger partial charge in [0.15, 0.2) is 0 Å². The van der Waals surface area contributed by atoms with Gasteiger partial charge in [-0.1, -0.05) is 48.1 Å². The van der Waals surface area contributed by atoms with Crippen LogP contribution in [0.1, 0.15) is 65.2 Å². The summed E-state index contributed by atoms with van der Waals surface area (Å²) in [5.41, 5.74) is 2.26. The molecule has 0 radical (unpaired) electrons. The van der Waals surface area contributed by atoms with E-state index in [2.05, 4.69) is 43.9 Å². The van der Waals surface area contributed by atoms with Gasteiger partial charge < -0.3 is 9.90 Å². The SMILES string of the molecule is C/C(=C\C1CC=CCC1)CCC=O.C=C(C)C(O)C1CC=CCC1. The Balaban J connectivity index is 0.000000243. The first-order chi connectivity index (χ1) is 11.5. The molecule has 3 unspecified atom stereocenters. The van der Waals surface area contributed by atoms with Crippen molar-refractivity contribution in [1.82, 2.24) is 0 Å². The number of carbonyl (C=O) groups is 1. The molecule has 0 amide bonds. The minimum atomic E-state index is -0.292. The predicted molar refractivity (Wildman–Crippen MR) is 103 cm³/mol. The van der Waals surface area contributed by atoms with E-state index >= 15 is 0 Å². The highest BCUT2D eigenvalue weighted by molar-refractivity contribution is 5.49. The van der Waals surface area contributed by atoms with E-state index < -0.39 is 0 Å². The molecule has 0 fully saturated rings. The number of rotatable bonds is 6.